The number of nitrogens with one attached hydrogen (secondary N) is 1. The van der Waals surface area contributed by atoms with Crippen molar-refractivity contribution in [1.82, 2.24) is 5.32 Å². The molecule has 1 aliphatic heterocycles. The van der Waals surface area contributed by atoms with Crippen LogP contribution < -0.4 is 25.4 Å². The van der Waals surface area contributed by atoms with Crippen LogP contribution in [0, 0.1) is 0 Å². The van der Waals surface area contributed by atoms with Gasteiger partial charge in [0.05, 0.1) is 19.3 Å². The molecule has 212 valence electrons. The van der Waals surface area contributed by atoms with E-state index in [9.17, 15) is 18.0 Å². The smallest absolute Gasteiger partial charge is 0.417 e. The number of hydrogen-bond donors (Lipinski definition) is 3. The third kappa shape index (κ3) is 5.28. The number of anilines is 2. The summed E-state index contributed by atoms with van der Waals surface area (Å²) in [5, 5.41) is 12.1. The monoisotopic (exact) mass is 555 g/mol. The summed E-state index contributed by atoms with van der Waals surface area (Å²) in [6.07, 6.45) is -0.848. The molecular formula is C30H32F3N3O4. The van der Waals surface area contributed by atoms with Crippen LogP contribution in [0.4, 0.5) is 29.3 Å². The number of aliphatic hydroxyl groups excluding tert-OH is 1. The van der Waals surface area contributed by atoms with Crippen molar-refractivity contribution in [3.8, 4) is 22.6 Å². The predicted octanol–water partition coefficient (Wildman–Crippen LogP) is 5.88. The molecule has 10 heteroatoms. The number of amides is 2. The first-order valence-electron chi connectivity index (χ1n) is 13.2. The molecule has 3 aromatic rings. The van der Waals surface area contributed by atoms with Gasteiger partial charge in [0.15, 0.2) is 0 Å². The summed E-state index contributed by atoms with van der Waals surface area (Å²) in [6.45, 7) is 0.578. The first-order valence-corrected chi connectivity index (χ1v) is 13.2. The van der Waals surface area contributed by atoms with E-state index in [1.165, 1.54) is 19.2 Å². The molecule has 0 bridgehead atoms. The molecule has 1 fully saturated rings. The van der Waals surface area contributed by atoms with Gasteiger partial charge in [-0.1, -0.05) is 31.0 Å². The van der Waals surface area contributed by atoms with Crippen LogP contribution in [0.25, 0.3) is 11.1 Å². The fourth-order valence-corrected chi connectivity index (χ4v) is 5.91. The van der Waals surface area contributed by atoms with E-state index in [4.69, 9.17) is 20.3 Å². The SMILES string of the molecule is COc1ccc(-c2ccc3c(c2)C2(CCCC2)CN3C(=O)NCc2ccc(N)cc2OCCO)c(C(F)(F)F)c1. The molecule has 2 amide bonds. The lowest BCUT2D eigenvalue weighted by molar-refractivity contribution is -0.137. The van der Waals surface area contributed by atoms with E-state index in [2.05, 4.69) is 5.32 Å². The molecule has 4 N–H and O–H groups in total. The van der Waals surface area contributed by atoms with Gasteiger partial charge < -0.3 is 25.6 Å². The number of halogens is 3. The number of hydrogen-bond acceptors (Lipinski definition) is 5. The highest BCUT2D eigenvalue weighted by Gasteiger charge is 2.46. The third-order valence-electron chi connectivity index (χ3n) is 7.84. The molecule has 40 heavy (non-hydrogen) atoms. The van der Waals surface area contributed by atoms with E-state index in [1.807, 2.05) is 6.07 Å². The van der Waals surface area contributed by atoms with Crippen LogP contribution in [0.5, 0.6) is 11.5 Å². The Bertz CT molecular complexity index is 1400. The van der Waals surface area contributed by atoms with Crippen molar-refractivity contribution in [2.75, 3.05) is 37.5 Å². The zero-order chi connectivity index (χ0) is 28.5. The third-order valence-corrected chi connectivity index (χ3v) is 7.84. The van der Waals surface area contributed by atoms with E-state index < -0.39 is 11.7 Å². The van der Waals surface area contributed by atoms with E-state index in [0.29, 0.717) is 34.8 Å². The number of methoxy groups -OCH3 is 1. The van der Waals surface area contributed by atoms with E-state index in [-0.39, 0.29) is 42.5 Å². The van der Waals surface area contributed by atoms with E-state index in [0.717, 1.165) is 37.3 Å². The number of carbonyl (C=O) groups excluding carboxylic acids is 1. The Morgan fingerprint density at radius 2 is 1.88 bits per heavy atom. The van der Waals surface area contributed by atoms with Gasteiger partial charge in [0.25, 0.3) is 0 Å². The van der Waals surface area contributed by atoms with Crippen molar-refractivity contribution in [2.45, 2.75) is 43.8 Å². The summed E-state index contributed by atoms with van der Waals surface area (Å²) in [7, 11) is 1.34. The lowest BCUT2D eigenvalue weighted by atomic mass is 9.79. The molecular weight excluding hydrogens is 523 g/mol. The molecule has 0 radical (unpaired) electrons. The van der Waals surface area contributed by atoms with Crippen LogP contribution in [-0.2, 0) is 18.1 Å². The number of nitrogens with zero attached hydrogens (tertiary/aromatic N) is 1. The van der Waals surface area contributed by atoms with Crippen molar-refractivity contribution in [2.24, 2.45) is 0 Å². The highest BCUT2D eigenvalue weighted by atomic mass is 19.4. The van der Waals surface area contributed by atoms with Gasteiger partial charge in [0.2, 0.25) is 0 Å². The van der Waals surface area contributed by atoms with Gasteiger partial charge in [0.1, 0.15) is 18.1 Å². The Labute approximate surface area is 230 Å². The number of nitrogens with two attached hydrogens (primary N) is 1. The standard InChI is InChI=1S/C30H32F3N3O4/c1-39-22-7-8-23(24(16-22)30(31,32)33)19-5-9-26-25(14-19)29(10-2-3-11-29)18-36(26)28(38)35-17-20-4-6-21(34)15-27(20)40-13-12-37/h4-9,14-16,37H,2-3,10-13,17-18,34H2,1H3,(H,35,38). The van der Waals surface area contributed by atoms with Gasteiger partial charge in [-0.3, -0.25) is 4.90 Å². The van der Waals surface area contributed by atoms with E-state index in [1.54, 1.807) is 35.2 Å². The molecule has 1 aliphatic carbocycles. The maximum absolute atomic E-state index is 14.0. The number of ether oxygens (including phenoxy) is 2. The number of rotatable bonds is 7. The number of nitrogen functional groups attached to an aromatic ring is 1. The van der Waals surface area contributed by atoms with Gasteiger partial charge in [-0.05, 0) is 59.9 Å². The molecule has 0 unspecified atom stereocenters. The average Bonchev–Trinajstić information content (AvgIpc) is 3.55. The number of carbonyl (C=O) groups is 1. The lowest BCUT2D eigenvalue weighted by Crippen LogP contribution is -2.41. The zero-order valence-electron chi connectivity index (χ0n) is 22.2. The van der Waals surface area contributed by atoms with Gasteiger partial charge in [-0.15, -0.1) is 0 Å². The topological polar surface area (TPSA) is 97.1 Å². The number of alkyl halides is 3. The molecule has 5 rings (SSSR count). The average molecular weight is 556 g/mol. The van der Waals surface area contributed by atoms with Gasteiger partial charge in [0, 0.05) is 41.5 Å². The number of aliphatic hydroxyl groups is 1. The zero-order valence-corrected chi connectivity index (χ0v) is 22.2. The minimum Gasteiger partial charge on any atom is -0.497 e. The summed E-state index contributed by atoms with van der Waals surface area (Å²) in [5.74, 6) is 0.617. The maximum atomic E-state index is 14.0. The Balaban J connectivity index is 1.45. The fourth-order valence-electron chi connectivity index (χ4n) is 5.91. The lowest BCUT2D eigenvalue weighted by Gasteiger charge is -2.25. The highest BCUT2D eigenvalue weighted by Crippen LogP contribution is 2.52. The summed E-state index contributed by atoms with van der Waals surface area (Å²) in [6, 6.07) is 14.0. The normalized spacial score (nSPS) is 15.8. The second-order valence-corrected chi connectivity index (χ2v) is 10.3. The highest BCUT2D eigenvalue weighted by molar-refractivity contribution is 5.96. The number of benzene rings is 3. The second kappa shape index (κ2) is 10.9. The Kier molecular flexibility index (Phi) is 7.55. The summed E-state index contributed by atoms with van der Waals surface area (Å²) >= 11 is 0. The van der Waals surface area contributed by atoms with Crippen molar-refractivity contribution >= 4 is 17.4 Å². The number of urea groups is 1. The minimum atomic E-state index is -4.55. The first-order chi connectivity index (χ1) is 19.1. The predicted molar refractivity (Wildman–Crippen MR) is 147 cm³/mol. The summed E-state index contributed by atoms with van der Waals surface area (Å²) < 4.78 is 52.6. The van der Waals surface area contributed by atoms with Crippen LogP contribution in [0.2, 0.25) is 0 Å². The first kappa shape index (κ1) is 27.6. The van der Waals surface area contributed by atoms with Crippen LogP contribution in [-0.4, -0.2) is 38.0 Å². The Morgan fingerprint density at radius 3 is 2.58 bits per heavy atom. The summed E-state index contributed by atoms with van der Waals surface area (Å²) in [5.41, 5.74) is 8.16. The maximum Gasteiger partial charge on any atom is 0.417 e. The molecule has 0 saturated heterocycles. The molecule has 0 atom stereocenters. The Hall–Kier alpha value is -3.92. The molecule has 3 aromatic carbocycles. The van der Waals surface area contributed by atoms with Crippen LogP contribution >= 0.6 is 0 Å². The van der Waals surface area contributed by atoms with Crippen LogP contribution in [0.3, 0.4) is 0 Å². The largest absolute Gasteiger partial charge is 0.497 e. The summed E-state index contributed by atoms with van der Waals surface area (Å²) in [4.78, 5) is 15.2. The van der Waals surface area contributed by atoms with Crippen molar-refractivity contribution in [3.05, 3.63) is 71.3 Å². The van der Waals surface area contributed by atoms with Gasteiger partial charge in [-0.2, -0.15) is 13.2 Å². The van der Waals surface area contributed by atoms with Crippen molar-refractivity contribution < 1.29 is 32.5 Å². The Morgan fingerprint density at radius 1 is 1.10 bits per heavy atom. The van der Waals surface area contributed by atoms with Crippen LogP contribution in [0.15, 0.2) is 54.6 Å². The molecule has 2 aliphatic rings. The quantitative estimate of drug-likeness (QED) is 0.317. The molecule has 1 saturated carbocycles. The molecule has 0 aromatic heterocycles. The van der Waals surface area contributed by atoms with Crippen molar-refractivity contribution in [1.29, 1.82) is 0 Å². The van der Waals surface area contributed by atoms with Gasteiger partial charge >= 0.3 is 12.2 Å². The molecule has 7 nitrogen and oxygen atoms in total. The van der Waals surface area contributed by atoms with Crippen molar-refractivity contribution in [3.63, 3.8) is 0 Å². The van der Waals surface area contributed by atoms with E-state index >= 15 is 0 Å². The second-order valence-electron chi connectivity index (χ2n) is 10.3. The molecule has 1 spiro atoms. The molecule has 1 heterocycles. The fraction of sp³-hybridized carbons (Fsp3) is 0.367. The van der Waals surface area contributed by atoms with Gasteiger partial charge in [-0.25, -0.2) is 4.79 Å². The van der Waals surface area contributed by atoms with Crippen LogP contribution in [0.1, 0.15) is 42.4 Å². The minimum absolute atomic E-state index is 0.0749. The number of fused-ring (bicyclic) bond motifs is 2.